The Bertz CT molecular complexity index is 390. The molecule has 98 valence electrons. The lowest BCUT2D eigenvalue weighted by atomic mass is 10.0. The molecule has 1 aliphatic heterocycles. The predicted molar refractivity (Wildman–Crippen MR) is 66.3 cm³/mol. The molecule has 0 aromatic heterocycles. The van der Waals surface area contributed by atoms with E-state index in [0.717, 1.165) is 32.1 Å². The Hall–Kier alpha value is -0.290. The molecule has 0 spiro atoms. The number of hydrogen-bond acceptors (Lipinski definition) is 3. The van der Waals surface area contributed by atoms with Crippen LogP contribution in [0.4, 0.5) is 0 Å². The van der Waals surface area contributed by atoms with Gasteiger partial charge in [-0.3, -0.25) is 4.79 Å². The van der Waals surface area contributed by atoms with Crippen molar-refractivity contribution in [2.75, 3.05) is 13.1 Å². The van der Waals surface area contributed by atoms with Gasteiger partial charge in [-0.25, -0.2) is 8.42 Å². The summed E-state index contributed by atoms with van der Waals surface area (Å²) >= 11 is 0. The molecule has 0 radical (unpaired) electrons. The second-order valence-corrected chi connectivity index (χ2v) is 7.91. The van der Waals surface area contributed by atoms with Gasteiger partial charge in [-0.1, -0.05) is 12.8 Å². The molecule has 2 fully saturated rings. The summed E-state index contributed by atoms with van der Waals surface area (Å²) in [7, 11) is 1.84. The van der Waals surface area contributed by atoms with Gasteiger partial charge in [-0.05, 0) is 25.7 Å². The minimum absolute atomic E-state index is 0.117. The molecular weight excluding hydrogens is 262 g/mol. The third-order valence-electron chi connectivity index (χ3n) is 3.79. The molecule has 0 aromatic carbocycles. The Morgan fingerprint density at radius 1 is 1.12 bits per heavy atom. The normalized spacial score (nSPS) is 27.4. The maximum atomic E-state index is 12.2. The number of halogens is 1. The first-order valence-electron chi connectivity index (χ1n) is 6.21. The van der Waals surface area contributed by atoms with Crippen LogP contribution in [0.5, 0.6) is 0 Å². The SMILES string of the molecule is O=C(C1CCCC1)N1CCCC(S(=O)(=O)Cl)C1. The summed E-state index contributed by atoms with van der Waals surface area (Å²) in [5.41, 5.74) is 0. The summed E-state index contributed by atoms with van der Waals surface area (Å²) in [4.78, 5) is 13.9. The third-order valence-corrected chi connectivity index (χ3v) is 5.73. The molecule has 0 bridgehead atoms. The van der Waals surface area contributed by atoms with Crippen molar-refractivity contribution >= 4 is 25.6 Å². The summed E-state index contributed by atoms with van der Waals surface area (Å²) in [5.74, 6) is 0.249. The summed E-state index contributed by atoms with van der Waals surface area (Å²) < 4.78 is 22.6. The maximum Gasteiger partial charge on any atom is 0.237 e. The molecular formula is C11H18ClNO3S. The van der Waals surface area contributed by atoms with E-state index in [2.05, 4.69) is 0 Å². The smallest absolute Gasteiger partial charge is 0.237 e. The predicted octanol–water partition coefficient (Wildman–Crippen LogP) is 1.74. The number of carbonyl (C=O) groups is 1. The van der Waals surface area contributed by atoms with E-state index < -0.39 is 14.3 Å². The molecule has 6 heteroatoms. The fourth-order valence-electron chi connectivity index (χ4n) is 2.80. The van der Waals surface area contributed by atoms with Crippen molar-refractivity contribution in [1.82, 2.24) is 4.90 Å². The molecule has 1 amide bonds. The number of likely N-dealkylation sites (tertiary alicyclic amines) is 1. The van der Waals surface area contributed by atoms with Crippen molar-refractivity contribution in [2.45, 2.75) is 43.8 Å². The molecule has 1 saturated heterocycles. The summed E-state index contributed by atoms with van der Waals surface area (Å²) in [5, 5.41) is -0.580. The molecule has 1 unspecified atom stereocenters. The quantitative estimate of drug-likeness (QED) is 0.724. The molecule has 2 aliphatic rings. The molecule has 4 nitrogen and oxygen atoms in total. The second-order valence-electron chi connectivity index (χ2n) is 5.01. The largest absolute Gasteiger partial charge is 0.341 e. The van der Waals surface area contributed by atoms with Crippen molar-refractivity contribution in [3.63, 3.8) is 0 Å². The highest BCUT2D eigenvalue weighted by atomic mass is 35.7. The van der Waals surface area contributed by atoms with Crippen LogP contribution in [0.25, 0.3) is 0 Å². The van der Waals surface area contributed by atoms with Crippen molar-refractivity contribution < 1.29 is 13.2 Å². The maximum absolute atomic E-state index is 12.2. The lowest BCUT2D eigenvalue weighted by Gasteiger charge is -2.32. The van der Waals surface area contributed by atoms with Crippen LogP contribution in [-0.4, -0.2) is 37.6 Å². The number of rotatable bonds is 2. The highest BCUT2D eigenvalue weighted by Gasteiger charge is 2.34. The van der Waals surface area contributed by atoms with Gasteiger partial charge in [0.25, 0.3) is 0 Å². The van der Waals surface area contributed by atoms with Gasteiger partial charge in [0.05, 0.1) is 5.25 Å². The van der Waals surface area contributed by atoms with E-state index in [1.807, 2.05) is 0 Å². The van der Waals surface area contributed by atoms with Gasteiger partial charge in [0.2, 0.25) is 15.0 Å². The van der Waals surface area contributed by atoms with Crippen LogP contribution in [0.3, 0.4) is 0 Å². The number of nitrogens with zero attached hydrogens (tertiary/aromatic N) is 1. The van der Waals surface area contributed by atoms with Gasteiger partial charge >= 0.3 is 0 Å². The van der Waals surface area contributed by atoms with Gasteiger partial charge < -0.3 is 4.90 Å². The minimum atomic E-state index is -3.54. The van der Waals surface area contributed by atoms with E-state index in [-0.39, 0.29) is 18.4 Å². The van der Waals surface area contributed by atoms with Crippen LogP contribution in [-0.2, 0) is 13.8 Å². The average molecular weight is 280 g/mol. The van der Waals surface area contributed by atoms with E-state index in [1.165, 1.54) is 0 Å². The van der Waals surface area contributed by atoms with Crippen molar-refractivity contribution in [3.05, 3.63) is 0 Å². The number of carbonyl (C=O) groups excluding carboxylic acids is 1. The zero-order valence-corrected chi connectivity index (χ0v) is 11.3. The Morgan fingerprint density at radius 3 is 2.35 bits per heavy atom. The highest BCUT2D eigenvalue weighted by Crippen LogP contribution is 2.28. The molecule has 1 heterocycles. The van der Waals surface area contributed by atoms with Gasteiger partial charge in [0.15, 0.2) is 0 Å². The number of hydrogen-bond donors (Lipinski definition) is 0. The topological polar surface area (TPSA) is 54.5 Å². The van der Waals surface area contributed by atoms with Gasteiger partial charge in [-0.2, -0.15) is 0 Å². The lowest BCUT2D eigenvalue weighted by molar-refractivity contribution is -0.136. The van der Waals surface area contributed by atoms with Crippen LogP contribution in [0.2, 0.25) is 0 Å². The van der Waals surface area contributed by atoms with E-state index in [0.29, 0.717) is 13.0 Å². The van der Waals surface area contributed by atoms with E-state index in [1.54, 1.807) is 4.90 Å². The Labute approximate surface area is 107 Å². The van der Waals surface area contributed by atoms with Gasteiger partial charge in [0, 0.05) is 29.7 Å². The van der Waals surface area contributed by atoms with E-state index in [4.69, 9.17) is 10.7 Å². The fraction of sp³-hybridized carbons (Fsp3) is 0.909. The number of amides is 1. The minimum Gasteiger partial charge on any atom is -0.341 e. The number of piperidine rings is 1. The van der Waals surface area contributed by atoms with Crippen LogP contribution in [0, 0.1) is 5.92 Å². The van der Waals surface area contributed by atoms with Gasteiger partial charge in [-0.15, -0.1) is 0 Å². The Balaban J connectivity index is 1.99. The monoisotopic (exact) mass is 279 g/mol. The second kappa shape index (κ2) is 5.14. The third kappa shape index (κ3) is 3.13. The molecule has 1 aliphatic carbocycles. The van der Waals surface area contributed by atoms with Crippen molar-refractivity contribution in [3.8, 4) is 0 Å². The zero-order valence-electron chi connectivity index (χ0n) is 9.77. The molecule has 1 atom stereocenters. The first-order valence-corrected chi connectivity index (χ1v) is 8.58. The van der Waals surface area contributed by atoms with Crippen LogP contribution in [0.15, 0.2) is 0 Å². The summed E-state index contributed by atoms with van der Waals surface area (Å²) in [6.45, 7) is 0.958. The van der Waals surface area contributed by atoms with Crippen molar-refractivity contribution in [2.24, 2.45) is 5.92 Å². The fourth-order valence-corrected chi connectivity index (χ4v) is 4.04. The van der Waals surface area contributed by atoms with Gasteiger partial charge in [0.1, 0.15) is 0 Å². The van der Waals surface area contributed by atoms with Crippen LogP contribution in [0.1, 0.15) is 38.5 Å². The van der Waals surface area contributed by atoms with E-state index >= 15 is 0 Å². The Morgan fingerprint density at radius 2 is 1.76 bits per heavy atom. The molecule has 2 rings (SSSR count). The summed E-state index contributed by atoms with van der Waals surface area (Å²) in [6.07, 6.45) is 5.43. The van der Waals surface area contributed by atoms with E-state index in [9.17, 15) is 13.2 Å². The zero-order chi connectivity index (χ0) is 12.5. The standard InChI is InChI=1S/C11H18ClNO3S/c12-17(15,16)10-6-3-7-13(8-10)11(14)9-4-1-2-5-9/h9-10H,1-8H2. The van der Waals surface area contributed by atoms with Crippen LogP contribution >= 0.6 is 10.7 Å². The first kappa shape index (κ1) is 13.1. The van der Waals surface area contributed by atoms with Crippen molar-refractivity contribution in [1.29, 1.82) is 0 Å². The molecule has 0 N–H and O–H groups in total. The average Bonchev–Trinajstić information content (AvgIpc) is 2.80. The molecule has 0 aromatic rings. The first-order chi connectivity index (χ1) is 7.98. The lowest BCUT2D eigenvalue weighted by Crippen LogP contribution is -2.46. The summed E-state index contributed by atoms with van der Waals surface area (Å²) in [6, 6.07) is 0. The van der Waals surface area contributed by atoms with Crippen LogP contribution < -0.4 is 0 Å². The molecule has 17 heavy (non-hydrogen) atoms. The highest BCUT2D eigenvalue weighted by molar-refractivity contribution is 8.14. The molecule has 1 saturated carbocycles. The Kier molecular flexibility index (Phi) is 3.98.